The summed E-state index contributed by atoms with van der Waals surface area (Å²) in [5, 5.41) is 15.8. The first kappa shape index (κ1) is 26.7. The molecule has 0 saturated heterocycles. The van der Waals surface area contributed by atoms with Crippen LogP contribution in [0, 0.1) is 20.8 Å². The monoisotopic (exact) mass is 512 g/mol. The minimum absolute atomic E-state index is 0.115. The molecule has 1 fully saturated rings. The van der Waals surface area contributed by atoms with Crippen LogP contribution >= 0.6 is 11.3 Å². The number of aliphatic hydroxyl groups excluding tert-OH is 1. The lowest BCUT2D eigenvalue weighted by Crippen LogP contribution is -2.42. The summed E-state index contributed by atoms with van der Waals surface area (Å²) < 4.78 is 5.40. The van der Waals surface area contributed by atoms with Crippen LogP contribution in [0.4, 0.5) is 5.00 Å². The Morgan fingerprint density at radius 1 is 1.19 bits per heavy atom. The van der Waals surface area contributed by atoms with E-state index in [1.165, 1.54) is 30.7 Å². The number of H-pyrrole nitrogens is 1. The number of nitrogens with zero attached hydrogens (tertiary/aromatic N) is 2. The Kier molecular flexibility index (Phi) is 8.40. The molecule has 1 atom stereocenters. The number of aryl methyl sites for hydroxylation is 2. The van der Waals surface area contributed by atoms with Crippen LogP contribution in [0.15, 0.2) is 33.9 Å². The highest BCUT2D eigenvalue weighted by Gasteiger charge is 2.31. The lowest BCUT2D eigenvalue weighted by Gasteiger charge is -2.39. The van der Waals surface area contributed by atoms with Crippen LogP contribution in [-0.4, -0.2) is 47.7 Å². The Balaban J connectivity index is 1.63. The summed E-state index contributed by atoms with van der Waals surface area (Å²) in [5.74, 6) is 0. The fourth-order valence-electron chi connectivity index (χ4n) is 5.58. The third-order valence-electron chi connectivity index (χ3n) is 7.63. The molecule has 8 heteroatoms. The predicted octanol–water partition coefficient (Wildman–Crippen LogP) is 5.10. The Morgan fingerprint density at radius 3 is 2.47 bits per heavy atom. The maximum atomic E-state index is 12.5. The highest BCUT2D eigenvalue weighted by atomic mass is 32.1. The lowest BCUT2D eigenvalue weighted by molar-refractivity contribution is 0.137. The van der Waals surface area contributed by atoms with Crippen LogP contribution < -0.4 is 15.8 Å². The van der Waals surface area contributed by atoms with Crippen molar-refractivity contribution in [3.63, 3.8) is 0 Å². The largest absolute Gasteiger partial charge is 0.472 e. The highest BCUT2D eigenvalue weighted by Crippen LogP contribution is 2.46. The summed E-state index contributed by atoms with van der Waals surface area (Å²) in [6, 6.07) is 5.05. The van der Waals surface area contributed by atoms with E-state index in [9.17, 15) is 9.90 Å². The van der Waals surface area contributed by atoms with Gasteiger partial charge in [-0.3, -0.25) is 10.1 Å². The van der Waals surface area contributed by atoms with E-state index in [1.807, 2.05) is 26.0 Å². The summed E-state index contributed by atoms with van der Waals surface area (Å²) in [4.78, 5) is 21.3. The normalized spacial score (nSPS) is 19.1. The van der Waals surface area contributed by atoms with Crippen molar-refractivity contribution in [1.82, 2.24) is 15.2 Å². The lowest BCUT2D eigenvalue weighted by atomic mass is 9.89. The van der Waals surface area contributed by atoms with Crippen LogP contribution in [0.1, 0.15) is 66.8 Å². The Hall–Kier alpha value is -2.39. The molecule has 36 heavy (non-hydrogen) atoms. The molecule has 1 saturated carbocycles. The molecule has 0 radical (unpaired) electrons. The zero-order chi connectivity index (χ0) is 26.0. The smallest absolute Gasteiger partial charge is 0.252 e. The Morgan fingerprint density at radius 2 is 1.89 bits per heavy atom. The summed E-state index contributed by atoms with van der Waals surface area (Å²) in [6.45, 7) is 9.33. The number of furan rings is 1. The van der Waals surface area contributed by atoms with Gasteiger partial charge in [-0.1, -0.05) is 0 Å². The molecule has 3 aromatic heterocycles. The maximum absolute atomic E-state index is 12.5. The van der Waals surface area contributed by atoms with Gasteiger partial charge >= 0.3 is 0 Å². The number of anilines is 1. The molecule has 3 N–H and O–H groups in total. The molecule has 1 aliphatic carbocycles. The first-order chi connectivity index (χ1) is 17.2. The second-order valence-electron chi connectivity index (χ2n) is 10.2. The third-order valence-corrected chi connectivity index (χ3v) is 9.02. The zero-order valence-electron chi connectivity index (χ0n) is 22.4. The number of nitrogens with one attached hydrogen (secondary N) is 2. The second kappa shape index (κ2) is 11.3. The number of rotatable bonds is 9. The average Bonchev–Trinajstić information content (AvgIpc) is 3.48. The minimum Gasteiger partial charge on any atom is -0.472 e. The Bertz CT molecular complexity index is 1210. The van der Waals surface area contributed by atoms with Gasteiger partial charge in [-0.05, 0) is 90.7 Å². The van der Waals surface area contributed by atoms with Crippen LogP contribution in [0.2, 0.25) is 0 Å². The van der Waals surface area contributed by atoms with Crippen molar-refractivity contribution in [1.29, 1.82) is 0 Å². The molecule has 3 heterocycles. The van der Waals surface area contributed by atoms with Crippen LogP contribution in [0.5, 0.6) is 0 Å². The summed E-state index contributed by atoms with van der Waals surface area (Å²) in [5.41, 5.74) is 5.18. The van der Waals surface area contributed by atoms with Crippen molar-refractivity contribution < 1.29 is 9.52 Å². The van der Waals surface area contributed by atoms with Gasteiger partial charge in [0.25, 0.3) is 5.56 Å². The van der Waals surface area contributed by atoms with E-state index in [1.54, 1.807) is 23.9 Å². The molecule has 0 amide bonds. The van der Waals surface area contributed by atoms with Crippen LogP contribution in [-0.2, 0) is 6.54 Å². The molecule has 0 aliphatic heterocycles. The van der Waals surface area contributed by atoms with E-state index in [-0.39, 0.29) is 12.1 Å². The van der Waals surface area contributed by atoms with Crippen molar-refractivity contribution in [2.75, 3.05) is 25.5 Å². The molecule has 7 nitrogen and oxygen atoms in total. The highest BCUT2D eigenvalue weighted by molar-refractivity contribution is 7.19. The second-order valence-corrected chi connectivity index (χ2v) is 11.2. The van der Waals surface area contributed by atoms with Crippen molar-refractivity contribution in [2.45, 2.75) is 78.2 Å². The van der Waals surface area contributed by atoms with E-state index >= 15 is 0 Å². The number of hydrogen-bond donors (Lipinski definition) is 3. The van der Waals surface area contributed by atoms with Crippen molar-refractivity contribution in [2.24, 2.45) is 0 Å². The number of hydrogen-bond acceptors (Lipinski definition) is 7. The van der Waals surface area contributed by atoms with Gasteiger partial charge in [0.1, 0.15) is 6.23 Å². The zero-order valence-corrected chi connectivity index (χ0v) is 23.2. The van der Waals surface area contributed by atoms with Gasteiger partial charge in [0.05, 0.1) is 17.5 Å². The molecule has 0 spiro atoms. The molecule has 1 unspecified atom stereocenters. The maximum Gasteiger partial charge on any atom is 0.252 e. The summed E-state index contributed by atoms with van der Waals surface area (Å²) in [7, 11) is 4.35. The van der Waals surface area contributed by atoms with Crippen molar-refractivity contribution in [3.05, 3.63) is 63.0 Å². The van der Waals surface area contributed by atoms with Crippen LogP contribution in [0.25, 0.3) is 10.4 Å². The van der Waals surface area contributed by atoms with E-state index in [4.69, 9.17) is 4.42 Å². The number of aliphatic hydroxyl groups is 1. The predicted molar refractivity (Wildman–Crippen MR) is 148 cm³/mol. The molecular weight excluding hydrogens is 472 g/mol. The molecule has 3 aromatic rings. The van der Waals surface area contributed by atoms with Gasteiger partial charge < -0.3 is 24.3 Å². The molecule has 4 rings (SSSR count). The Labute approximate surface area is 218 Å². The first-order valence-corrected chi connectivity index (χ1v) is 13.7. The molecule has 196 valence electrons. The standard InChI is InChI=1S/C28H40N4O3S/c1-7-32(22-10-8-21(9-11-22)31(5)6)28-19(4)24(25(36-28)20-12-13-35-16-20)27(34)29-15-23-17(2)14-18(3)30-26(23)33/h12-14,16,21-22,27,29,34H,7-11,15H2,1-6H3,(H,30,33). The topological polar surface area (TPSA) is 84.7 Å². The molecule has 0 bridgehead atoms. The van der Waals surface area contributed by atoms with Crippen molar-refractivity contribution >= 4 is 16.3 Å². The number of aromatic nitrogens is 1. The fraction of sp³-hybridized carbons (Fsp3) is 0.536. The summed E-state index contributed by atoms with van der Waals surface area (Å²) in [6.07, 6.45) is 7.23. The fourth-order valence-corrected chi connectivity index (χ4v) is 7.04. The number of pyridine rings is 1. The third kappa shape index (κ3) is 5.47. The van der Waals surface area contributed by atoms with E-state index in [2.05, 4.69) is 48.0 Å². The van der Waals surface area contributed by atoms with Crippen LogP contribution in [0.3, 0.4) is 0 Å². The number of aromatic amines is 1. The van der Waals surface area contributed by atoms with Gasteiger partial charge in [-0.15, -0.1) is 11.3 Å². The van der Waals surface area contributed by atoms with Gasteiger partial charge in [0.2, 0.25) is 0 Å². The summed E-state index contributed by atoms with van der Waals surface area (Å²) >= 11 is 1.72. The van der Waals surface area contributed by atoms with Gasteiger partial charge in [-0.2, -0.15) is 0 Å². The van der Waals surface area contributed by atoms with E-state index in [0.717, 1.165) is 39.4 Å². The number of thiophene rings is 1. The molecule has 1 aliphatic rings. The van der Waals surface area contributed by atoms with Gasteiger partial charge in [0.15, 0.2) is 0 Å². The quantitative estimate of drug-likeness (QED) is 0.346. The molecular formula is C28H40N4O3S. The SMILES string of the molecule is CCN(c1sc(-c2ccoc2)c(C(O)NCc2c(C)cc(C)[nH]c2=O)c1C)C1CCC(N(C)C)CC1. The first-order valence-electron chi connectivity index (χ1n) is 12.9. The minimum atomic E-state index is -0.914. The van der Waals surface area contributed by atoms with E-state index in [0.29, 0.717) is 17.6 Å². The van der Waals surface area contributed by atoms with Gasteiger partial charge in [-0.25, -0.2) is 0 Å². The van der Waals surface area contributed by atoms with Gasteiger partial charge in [0, 0.05) is 52.4 Å². The van der Waals surface area contributed by atoms with Crippen molar-refractivity contribution in [3.8, 4) is 10.4 Å². The average molecular weight is 513 g/mol. The molecule has 0 aromatic carbocycles. The van der Waals surface area contributed by atoms with E-state index < -0.39 is 6.23 Å².